The number of likely N-dealkylation sites (tertiary alicyclic amines) is 1. The molecule has 1 fully saturated rings. The van der Waals surface area contributed by atoms with E-state index in [-0.39, 0.29) is 18.2 Å². The molecule has 0 spiro atoms. The standard InChI is InChI=1S/C11H21NO3.CO2/c1-5-8-6-12(7-9(8)13)10(14)15-11(2,3)4;2-1-3/h8-9,13H,5-7H2,1-4H3;/t8-,9-;/m0./s1. The molecule has 0 aromatic rings. The fourth-order valence-corrected chi connectivity index (χ4v) is 1.73. The Morgan fingerprint density at radius 3 is 2.22 bits per heavy atom. The molecule has 0 aromatic heterocycles. The third-order valence-electron chi connectivity index (χ3n) is 2.58. The number of carbonyl (C=O) groups is 1. The number of aliphatic hydroxyl groups excluding tert-OH is 1. The van der Waals surface area contributed by atoms with Crippen molar-refractivity contribution in [3.05, 3.63) is 0 Å². The minimum absolute atomic E-state index is 0.192. The first-order valence-corrected chi connectivity index (χ1v) is 5.90. The van der Waals surface area contributed by atoms with Crippen molar-refractivity contribution in [3.63, 3.8) is 0 Å². The molecule has 1 saturated heterocycles. The van der Waals surface area contributed by atoms with Crippen molar-refractivity contribution in [2.45, 2.75) is 45.8 Å². The smallest absolute Gasteiger partial charge is 0.410 e. The van der Waals surface area contributed by atoms with Crippen molar-refractivity contribution in [2.75, 3.05) is 13.1 Å². The molecular weight excluding hydrogens is 238 g/mol. The highest BCUT2D eigenvalue weighted by molar-refractivity contribution is 5.68. The highest BCUT2D eigenvalue weighted by Gasteiger charge is 2.34. The summed E-state index contributed by atoms with van der Waals surface area (Å²) in [5.41, 5.74) is -0.466. The summed E-state index contributed by atoms with van der Waals surface area (Å²) in [6.07, 6.45) is 0.417. The summed E-state index contributed by atoms with van der Waals surface area (Å²) in [7, 11) is 0. The highest BCUT2D eigenvalue weighted by Crippen LogP contribution is 2.21. The summed E-state index contributed by atoms with van der Waals surface area (Å²) >= 11 is 0. The molecule has 1 rings (SSSR count). The van der Waals surface area contributed by atoms with Crippen molar-refractivity contribution in [1.29, 1.82) is 0 Å². The summed E-state index contributed by atoms with van der Waals surface area (Å²) in [6, 6.07) is 0. The van der Waals surface area contributed by atoms with Crippen LogP contribution >= 0.6 is 0 Å². The number of aliphatic hydroxyl groups is 1. The molecule has 1 heterocycles. The monoisotopic (exact) mass is 259 g/mol. The van der Waals surface area contributed by atoms with Gasteiger partial charge in [0.25, 0.3) is 0 Å². The second kappa shape index (κ2) is 7.13. The molecule has 0 bridgehead atoms. The Labute approximate surface area is 107 Å². The number of β-amino-alcohol motifs (C(OH)–C–C–N with tert-alkyl or cyclic N) is 1. The number of hydrogen-bond acceptors (Lipinski definition) is 5. The van der Waals surface area contributed by atoms with Crippen LogP contribution in [-0.4, -0.2) is 47.0 Å². The largest absolute Gasteiger partial charge is 0.444 e. The zero-order valence-corrected chi connectivity index (χ0v) is 11.3. The van der Waals surface area contributed by atoms with Gasteiger partial charge in [0.05, 0.1) is 12.6 Å². The van der Waals surface area contributed by atoms with Crippen molar-refractivity contribution < 1.29 is 24.2 Å². The Hall–Kier alpha value is -1.39. The van der Waals surface area contributed by atoms with Gasteiger partial charge in [0.1, 0.15) is 5.60 Å². The van der Waals surface area contributed by atoms with Crippen LogP contribution in [0.5, 0.6) is 0 Å². The predicted octanol–water partition coefficient (Wildman–Crippen LogP) is 1.04. The average molecular weight is 259 g/mol. The molecule has 18 heavy (non-hydrogen) atoms. The molecule has 0 aromatic carbocycles. The molecule has 2 atom stereocenters. The molecule has 104 valence electrons. The lowest BCUT2D eigenvalue weighted by Gasteiger charge is -2.24. The maximum atomic E-state index is 11.7. The number of ether oxygens (including phenoxy) is 1. The van der Waals surface area contributed by atoms with Gasteiger partial charge in [-0.2, -0.15) is 9.59 Å². The van der Waals surface area contributed by atoms with Crippen molar-refractivity contribution in [1.82, 2.24) is 4.90 Å². The molecule has 6 nitrogen and oxygen atoms in total. The fourth-order valence-electron chi connectivity index (χ4n) is 1.73. The summed E-state index contributed by atoms with van der Waals surface area (Å²) in [5, 5.41) is 9.66. The van der Waals surface area contributed by atoms with Crippen molar-refractivity contribution >= 4 is 12.2 Å². The highest BCUT2D eigenvalue weighted by atomic mass is 16.6. The fraction of sp³-hybridized carbons (Fsp3) is 0.833. The molecule has 0 aliphatic carbocycles. The van der Waals surface area contributed by atoms with Crippen LogP contribution in [0, 0.1) is 5.92 Å². The van der Waals surface area contributed by atoms with Gasteiger partial charge in [-0.15, -0.1) is 0 Å². The molecule has 1 amide bonds. The number of nitrogens with zero attached hydrogens (tertiary/aromatic N) is 1. The quantitative estimate of drug-likeness (QED) is 0.760. The number of carbonyl (C=O) groups excluding carboxylic acids is 3. The van der Waals surface area contributed by atoms with E-state index >= 15 is 0 Å². The van der Waals surface area contributed by atoms with E-state index in [1.165, 1.54) is 0 Å². The molecule has 0 unspecified atom stereocenters. The Kier molecular flexibility index (Phi) is 6.58. The predicted molar refractivity (Wildman–Crippen MR) is 62.6 cm³/mol. The number of amides is 1. The Morgan fingerprint density at radius 1 is 1.39 bits per heavy atom. The normalized spacial score (nSPS) is 22.8. The van der Waals surface area contributed by atoms with Gasteiger partial charge in [-0.25, -0.2) is 4.79 Å². The summed E-state index contributed by atoms with van der Waals surface area (Å²) < 4.78 is 5.24. The van der Waals surface area contributed by atoms with E-state index in [2.05, 4.69) is 0 Å². The Balaban J connectivity index is 0.000000873. The molecule has 1 aliphatic rings. The van der Waals surface area contributed by atoms with E-state index in [1.54, 1.807) is 4.90 Å². The van der Waals surface area contributed by atoms with E-state index < -0.39 is 11.7 Å². The van der Waals surface area contributed by atoms with Gasteiger partial charge < -0.3 is 14.7 Å². The second-order valence-electron chi connectivity index (χ2n) is 5.20. The van der Waals surface area contributed by atoms with Crippen molar-refractivity contribution in [2.24, 2.45) is 5.92 Å². The number of hydrogen-bond donors (Lipinski definition) is 1. The molecule has 0 radical (unpaired) electrons. The van der Waals surface area contributed by atoms with E-state index in [9.17, 15) is 9.90 Å². The van der Waals surface area contributed by atoms with Crippen LogP contribution in [0.4, 0.5) is 4.79 Å². The topological polar surface area (TPSA) is 83.9 Å². The maximum Gasteiger partial charge on any atom is 0.410 e. The van der Waals surface area contributed by atoms with E-state index in [0.717, 1.165) is 6.42 Å². The van der Waals surface area contributed by atoms with Gasteiger partial charge in [-0.1, -0.05) is 6.92 Å². The minimum Gasteiger partial charge on any atom is -0.444 e. The lowest BCUT2D eigenvalue weighted by Crippen LogP contribution is -2.35. The van der Waals surface area contributed by atoms with Crippen LogP contribution in [0.15, 0.2) is 0 Å². The van der Waals surface area contributed by atoms with E-state index in [4.69, 9.17) is 14.3 Å². The van der Waals surface area contributed by atoms with E-state index in [1.807, 2.05) is 27.7 Å². The Morgan fingerprint density at radius 2 is 1.89 bits per heavy atom. The first-order valence-electron chi connectivity index (χ1n) is 5.90. The zero-order chi connectivity index (χ0) is 14.3. The molecular formula is C12H21NO5. The van der Waals surface area contributed by atoms with E-state index in [0.29, 0.717) is 13.1 Å². The first-order chi connectivity index (χ1) is 8.25. The summed E-state index contributed by atoms with van der Waals surface area (Å²) in [4.78, 5) is 29.5. The maximum absolute atomic E-state index is 11.7. The molecule has 1 aliphatic heterocycles. The zero-order valence-electron chi connectivity index (χ0n) is 11.3. The third kappa shape index (κ3) is 5.80. The summed E-state index contributed by atoms with van der Waals surface area (Å²) in [6.45, 7) is 8.55. The van der Waals surface area contributed by atoms with Crippen LogP contribution in [0.3, 0.4) is 0 Å². The van der Waals surface area contributed by atoms with Crippen LogP contribution in [0.2, 0.25) is 0 Å². The van der Waals surface area contributed by atoms with Gasteiger partial charge >= 0.3 is 12.2 Å². The van der Waals surface area contributed by atoms with Gasteiger partial charge in [0, 0.05) is 12.5 Å². The Bertz CT molecular complexity index is 304. The molecule has 0 saturated carbocycles. The molecule has 6 heteroatoms. The first kappa shape index (κ1) is 16.6. The number of rotatable bonds is 1. The van der Waals surface area contributed by atoms with Crippen LogP contribution in [0.1, 0.15) is 34.1 Å². The lowest BCUT2D eigenvalue weighted by molar-refractivity contribution is -0.191. The van der Waals surface area contributed by atoms with Gasteiger partial charge in [0.15, 0.2) is 0 Å². The van der Waals surface area contributed by atoms with Gasteiger partial charge in [-0.3, -0.25) is 0 Å². The lowest BCUT2D eigenvalue weighted by atomic mass is 10.0. The van der Waals surface area contributed by atoms with Crippen molar-refractivity contribution in [3.8, 4) is 0 Å². The minimum atomic E-state index is -0.466. The third-order valence-corrected chi connectivity index (χ3v) is 2.58. The summed E-state index contributed by atoms with van der Waals surface area (Å²) in [5.74, 6) is 0.192. The van der Waals surface area contributed by atoms with Gasteiger partial charge in [0.2, 0.25) is 0 Å². The SMILES string of the molecule is CC[C@H]1CN(C(=O)OC(C)(C)C)C[C@@H]1O.O=C=O. The second-order valence-corrected chi connectivity index (χ2v) is 5.20. The van der Waals surface area contributed by atoms with Crippen LogP contribution in [0.25, 0.3) is 0 Å². The molecule has 1 N–H and O–H groups in total. The van der Waals surface area contributed by atoms with Crippen LogP contribution < -0.4 is 0 Å². The van der Waals surface area contributed by atoms with Gasteiger partial charge in [-0.05, 0) is 27.2 Å². The average Bonchev–Trinajstić information content (AvgIpc) is 2.58. The van der Waals surface area contributed by atoms with Crippen LogP contribution in [-0.2, 0) is 14.3 Å².